The third-order valence-corrected chi connectivity index (χ3v) is 4.78. The molecule has 0 N–H and O–H groups in total. The molecule has 2 aromatic carbocycles. The van der Waals surface area contributed by atoms with E-state index in [2.05, 4.69) is 27.0 Å². The van der Waals surface area contributed by atoms with Crippen LogP contribution >= 0.6 is 27.5 Å². The minimum absolute atomic E-state index is 0.0216. The molecule has 0 aliphatic carbocycles. The molecule has 5 heteroatoms. The summed E-state index contributed by atoms with van der Waals surface area (Å²) in [5, 5.41) is 1.13. The second-order valence-corrected chi connectivity index (χ2v) is 6.88. The van der Waals surface area contributed by atoms with Crippen molar-refractivity contribution in [2.24, 2.45) is 0 Å². The first-order chi connectivity index (χ1) is 11.1. The molecule has 0 saturated carbocycles. The van der Waals surface area contributed by atoms with Gasteiger partial charge in [0, 0.05) is 16.0 Å². The molecule has 3 nitrogen and oxygen atoms in total. The minimum atomic E-state index is -0.0216. The molecule has 4 rings (SSSR count). The zero-order chi connectivity index (χ0) is 16.0. The highest BCUT2D eigenvalue weighted by Gasteiger charge is 2.20. The molecule has 2 heterocycles. The molecule has 0 radical (unpaired) electrons. The Morgan fingerprint density at radius 3 is 2.74 bits per heavy atom. The molecule has 1 aliphatic rings. The van der Waals surface area contributed by atoms with E-state index in [-0.39, 0.29) is 5.56 Å². The van der Waals surface area contributed by atoms with E-state index in [9.17, 15) is 4.79 Å². The summed E-state index contributed by atoms with van der Waals surface area (Å²) >= 11 is 9.44. The number of halogens is 2. The molecule has 0 bridgehead atoms. The van der Waals surface area contributed by atoms with Gasteiger partial charge in [0.1, 0.15) is 5.82 Å². The predicted octanol–water partition coefficient (Wildman–Crippen LogP) is 4.76. The van der Waals surface area contributed by atoms with Crippen molar-refractivity contribution >= 4 is 50.1 Å². The smallest absolute Gasteiger partial charge is 0.261 e. The monoisotopic (exact) mass is 386 g/mol. The first kappa shape index (κ1) is 14.7. The molecule has 0 amide bonds. The van der Waals surface area contributed by atoms with E-state index in [4.69, 9.17) is 11.6 Å². The first-order valence-electron chi connectivity index (χ1n) is 7.28. The summed E-state index contributed by atoms with van der Waals surface area (Å²) in [5.41, 5.74) is 2.85. The Labute approximate surface area is 146 Å². The van der Waals surface area contributed by atoms with Crippen LogP contribution < -0.4 is 5.56 Å². The maximum absolute atomic E-state index is 12.6. The van der Waals surface area contributed by atoms with Gasteiger partial charge >= 0.3 is 0 Å². The van der Waals surface area contributed by atoms with Crippen molar-refractivity contribution in [2.75, 3.05) is 0 Å². The standard InChI is InChI=1S/C18H12BrClN2O/c19-13-3-1-11(2-4-13)9-12-7-8-22-17(12)21-16-6-5-14(20)10-15(16)18(22)23/h1-6,9-10H,7-8H2/b12-9-. The van der Waals surface area contributed by atoms with E-state index in [0.717, 1.165) is 27.9 Å². The third kappa shape index (κ3) is 2.62. The van der Waals surface area contributed by atoms with Gasteiger partial charge in [-0.2, -0.15) is 0 Å². The lowest BCUT2D eigenvalue weighted by atomic mass is 10.1. The van der Waals surface area contributed by atoms with Gasteiger partial charge in [0.05, 0.1) is 10.9 Å². The summed E-state index contributed by atoms with van der Waals surface area (Å²) in [6, 6.07) is 13.3. The normalized spacial score (nSPS) is 15.3. The van der Waals surface area contributed by atoms with Gasteiger partial charge in [0.15, 0.2) is 0 Å². The second-order valence-electron chi connectivity index (χ2n) is 5.52. The van der Waals surface area contributed by atoms with Crippen molar-refractivity contribution in [2.45, 2.75) is 13.0 Å². The van der Waals surface area contributed by atoms with Gasteiger partial charge in [0.25, 0.3) is 5.56 Å². The molecule has 0 atom stereocenters. The van der Waals surface area contributed by atoms with Crippen molar-refractivity contribution < 1.29 is 0 Å². The molecule has 0 spiro atoms. The van der Waals surface area contributed by atoms with E-state index in [1.54, 1.807) is 22.8 Å². The number of benzene rings is 2. The Kier molecular flexibility index (Phi) is 3.58. The summed E-state index contributed by atoms with van der Waals surface area (Å²) in [5.74, 6) is 0.757. The van der Waals surface area contributed by atoms with Gasteiger partial charge in [-0.1, -0.05) is 39.7 Å². The van der Waals surface area contributed by atoms with Crippen LogP contribution in [0.25, 0.3) is 22.6 Å². The highest BCUT2D eigenvalue weighted by Crippen LogP contribution is 2.28. The summed E-state index contributed by atoms with van der Waals surface area (Å²) < 4.78 is 2.78. The molecule has 0 saturated heterocycles. The molecule has 3 aromatic rings. The minimum Gasteiger partial charge on any atom is -0.292 e. The Hall–Kier alpha value is -1.91. The Morgan fingerprint density at radius 2 is 1.96 bits per heavy atom. The number of nitrogens with zero attached hydrogens (tertiary/aromatic N) is 2. The number of rotatable bonds is 1. The quantitative estimate of drug-likeness (QED) is 0.603. The van der Waals surface area contributed by atoms with E-state index >= 15 is 0 Å². The van der Waals surface area contributed by atoms with Gasteiger partial charge in [0.2, 0.25) is 0 Å². The van der Waals surface area contributed by atoms with Crippen LogP contribution in [0.15, 0.2) is 51.7 Å². The maximum atomic E-state index is 12.6. The fourth-order valence-corrected chi connectivity index (χ4v) is 3.32. The van der Waals surface area contributed by atoms with Crippen LogP contribution in [-0.2, 0) is 6.54 Å². The van der Waals surface area contributed by atoms with Crippen molar-refractivity contribution in [1.82, 2.24) is 9.55 Å². The van der Waals surface area contributed by atoms with Crippen LogP contribution in [0.1, 0.15) is 17.8 Å². The number of fused-ring (bicyclic) bond motifs is 2. The van der Waals surface area contributed by atoms with Crippen molar-refractivity contribution in [3.8, 4) is 0 Å². The average molecular weight is 388 g/mol. The summed E-state index contributed by atoms with van der Waals surface area (Å²) in [6.45, 7) is 0.659. The lowest BCUT2D eigenvalue weighted by Crippen LogP contribution is -2.20. The van der Waals surface area contributed by atoms with Crippen LogP contribution in [0.5, 0.6) is 0 Å². The van der Waals surface area contributed by atoms with Crippen molar-refractivity contribution in [1.29, 1.82) is 0 Å². The fraction of sp³-hybridized carbons (Fsp3) is 0.111. The van der Waals surface area contributed by atoms with Crippen LogP contribution in [-0.4, -0.2) is 9.55 Å². The molecular weight excluding hydrogens is 376 g/mol. The highest BCUT2D eigenvalue weighted by atomic mass is 79.9. The Morgan fingerprint density at radius 1 is 1.17 bits per heavy atom. The lowest BCUT2D eigenvalue weighted by molar-refractivity contribution is 0.725. The van der Waals surface area contributed by atoms with Gasteiger partial charge in [-0.25, -0.2) is 4.98 Å². The van der Waals surface area contributed by atoms with E-state index < -0.39 is 0 Å². The molecule has 0 unspecified atom stereocenters. The molecule has 23 heavy (non-hydrogen) atoms. The number of hydrogen-bond acceptors (Lipinski definition) is 2. The fourth-order valence-electron chi connectivity index (χ4n) is 2.89. The predicted molar refractivity (Wildman–Crippen MR) is 97.6 cm³/mol. The maximum Gasteiger partial charge on any atom is 0.261 e. The Bertz CT molecular complexity index is 1010. The summed E-state index contributed by atoms with van der Waals surface area (Å²) in [4.78, 5) is 17.3. The van der Waals surface area contributed by atoms with Gasteiger partial charge in [-0.3, -0.25) is 9.36 Å². The van der Waals surface area contributed by atoms with Crippen molar-refractivity contribution in [3.63, 3.8) is 0 Å². The van der Waals surface area contributed by atoms with Crippen LogP contribution in [0.3, 0.4) is 0 Å². The second kappa shape index (κ2) is 5.62. The molecule has 114 valence electrons. The average Bonchev–Trinajstić information content (AvgIpc) is 2.94. The Balaban J connectivity index is 1.88. The highest BCUT2D eigenvalue weighted by molar-refractivity contribution is 9.10. The van der Waals surface area contributed by atoms with Gasteiger partial charge < -0.3 is 0 Å². The van der Waals surface area contributed by atoms with Crippen molar-refractivity contribution in [3.05, 3.63) is 73.7 Å². The van der Waals surface area contributed by atoms with Crippen LogP contribution in [0, 0.1) is 0 Å². The molecular formula is C18H12BrClN2O. The van der Waals surface area contributed by atoms with Gasteiger partial charge in [-0.15, -0.1) is 0 Å². The van der Waals surface area contributed by atoms with E-state index in [0.29, 0.717) is 22.5 Å². The molecule has 1 aromatic heterocycles. The third-order valence-electron chi connectivity index (χ3n) is 4.02. The zero-order valence-electron chi connectivity index (χ0n) is 12.1. The summed E-state index contributed by atoms with van der Waals surface area (Å²) in [7, 11) is 0. The SMILES string of the molecule is O=c1c2cc(Cl)ccc2nc2n1CC/C2=C/c1ccc(Br)cc1. The van der Waals surface area contributed by atoms with Gasteiger partial charge in [-0.05, 0) is 54.0 Å². The van der Waals surface area contributed by atoms with Crippen LogP contribution in [0.2, 0.25) is 5.02 Å². The largest absolute Gasteiger partial charge is 0.292 e. The lowest BCUT2D eigenvalue weighted by Gasteiger charge is -2.06. The van der Waals surface area contributed by atoms with Crippen LogP contribution in [0.4, 0.5) is 0 Å². The summed E-state index contributed by atoms with van der Waals surface area (Å²) in [6.07, 6.45) is 2.90. The number of hydrogen-bond donors (Lipinski definition) is 0. The molecule has 1 aliphatic heterocycles. The molecule has 0 fully saturated rings. The zero-order valence-corrected chi connectivity index (χ0v) is 14.4. The number of aromatic nitrogens is 2. The van der Waals surface area contributed by atoms with E-state index in [1.807, 2.05) is 24.3 Å². The number of allylic oxidation sites excluding steroid dienone is 1. The first-order valence-corrected chi connectivity index (χ1v) is 8.45. The topological polar surface area (TPSA) is 34.9 Å². The van der Waals surface area contributed by atoms with E-state index in [1.165, 1.54) is 0 Å².